The Kier molecular flexibility index (Phi) is 3.17. The van der Waals surface area contributed by atoms with E-state index in [-0.39, 0.29) is 6.04 Å². The molecule has 3 heteroatoms. The highest BCUT2D eigenvalue weighted by Gasteiger charge is 2.45. The number of aliphatic hydroxyl groups is 1. The van der Waals surface area contributed by atoms with Gasteiger partial charge in [0.25, 0.3) is 0 Å². The van der Waals surface area contributed by atoms with Crippen LogP contribution in [-0.2, 0) is 12.1 Å². The lowest BCUT2D eigenvalue weighted by Crippen LogP contribution is -2.40. The molecule has 1 saturated heterocycles. The highest BCUT2D eigenvalue weighted by molar-refractivity contribution is 5.20. The molecule has 100 valence electrons. The Labute approximate surface area is 113 Å². The molecular weight excluding hydrogens is 236 g/mol. The van der Waals surface area contributed by atoms with Crippen LogP contribution in [0.2, 0.25) is 0 Å². The highest BCUT2D eigenvalue weighted by atomic mass is 16.3. The topological polar surface area (TPSA) is 39.3 Å². The van der Waals surface area contributed by atoms with E-state index in [1.165, 1.54) is 5.56 Å². The molecule has 2 aromatic rings. The van der Waals surface area contributed by atoms with Crippen LogP contribution in [-0.4, -0.2) is 27.6 Å². The zero-order valence-electron chi connectivity index (χ0n) is 11.2. The standard InChI is InChI=1S/C16H20N2O/c1-13-16(19,15-8-5-10-17-15)9-11-18(13)12-14-6-3-2-4-7-14/h2-8,10,13,17,19H,9,11-12H2,1H3. The molecule has 1 aromatic heterocycles. The van der Waals surface area contributed by atoms with Crippen LogP contribution in [0.15, 0.2) is 48.7 Å². The first kappa shape index (κ1) is 12.5. The van der Waals surface area contributed by atoms with Crippen LogP contribution < -0.4 is 0 Å². The molecule has 1 aliphatic heterocycles. The van der Waals surface area contributed by atoms with Crippen LogP contribution in [0.1, 0.15) is 24.6 Å². The number of aromatic amines is 1. The van der Waals surface area contributed by atoms with Gasteiger partial charge in [0.15, 0.2) is 0 Å². The average Bonchev–Trinajstić information content (AvgIpc) is 3.05. The van der Waals surface area contributed by atoms with Gasteiger partial charge in [-0.2, -0.15) is 0 Å². The second kappa shape index (κ2) is 4.83. The predicted octanol–water partition coefficient (Wildman–Crippen LogP) is 2.50. The number of hydrogen-bond donors (Lipinski definition) is 2. The summed E-state index contributed by atoms with van der Waals surface area (Å²) in [7, 11) is 0. The van der Waals surface area contributed by atoms with Crippen molar-refractivity contribution in [1.29, 1.82) is 0 Å². The lowest BCUT2D eigenvalue weighted by molar-refractivity contribution is 0.00135. The lowest BCUT2D eigenvalue weighted by atomic mass is 9.92. The van der Waals surface area contributed by atoms with Gasteiger partial charge >= 0.3 is 0 Å². The Morgan fingerprint density at radius 2 is 2.05 bits per heavy atom. The molecule has 3 nitrogen and oxygen atoms in total. The summed E-state index contributed by atoms with van der Waals surface area (Å²) in [5, 5.41) is 10.9. The Hall–Kier alpha value is -1.58. The van der Waals surface area contributed by atoms with Gasteiger partial charge in [-0.3, -0.25) is 4.90 Å². The smallest absolute Gasteiger partial charge is 0.121 e. The number of H-pyrrole nitrogens is 1. The van der Waals surface area contributed by atoms with E-state index in [2.05, 4.69) is 41.1 Å². The summed E-state index contributed by atoms with van der Waals surface area (Å²) in [6.07, 6.45) is 2.65. The van der Waals surface area contributed by atoms with Crippen molar-refractivity contribution in [2.75, 3.05) is 6.54 Å². The Morgan fingerprint density at radius 1 is 1.26 bits per heavy atom. The number of benzene rings is 1. The quantitative estimate of drug-likeness (QED) is 0.885. The number of rotatable bonds is 3. The molecule has 0 amide bonds. The number of likely N-dealkylation sites (tertiary alicyclic amines) is 1. The van der Waals surface area contributed by atoms with Crippen molar-refractivity contribution in [3.05, 3.63) is 59.9 Å². The molecule has 1 fully saturated rings. The van der Waals surface area contributed by atoms with Gasteiger partial charge in [0.05, 0.1) is 0 Å². The summed E-state index contributed by atoms with van der Waals surface area (Å²) < 4.78 is 0. The Balaban J connectivity index is 1.77. The molecule has 1 aromatic carbocycles. The first-order chi connectivity index (χ1) is 9.20. The van der Waals surface area contributed by atoms with Crippen molar-refractivity contribution in [1.82, 2.24) is 9.88 Å². The van der Waals surface area contributed by atoms with Crippen LogP contribution in [0.25, 0.3) is 0 Å². The Bertz CT molecular complexity index is 523. The summed E-state index contributed by atoms with van der Waals surface area (Å²) in [5.41, 5.74) is 1.47. The third-order valence-corrected chi connectivity index (χ3v) is 4.31. The summed E-state index contributed by atoms with van der Waals surface area (Å²) >= 11 is 0. The van der Waals surface area contributed by atoms with Crippen LogP contribution in [0, 0.1) is 0 Å². The van der Waals surface area contributed by atoms with Gasteiger partial charge < -0.3 is 10.1 Å². The third-order valence-electron chi connectivity index (χ3n) is 4.31. The van der Waals surface area contributed by atoms with Crippen molar-refractivity contribution in [2.45, 2.75) is 31.5 Å². The van der Waals surface area contributed by atoms with Gasteiger partial charge in [-0.25, -0.2) is 0 Å². The number of aromatic nitrogens is 1. The van der Waals surface area contributed by atoms with E-state index < -0.39 is 5.60 Å². The summed E-state index contributed by atoms with van der Waals surface area (Å²) in [6.45, 7) is 3.92. The van der Waals surface area contributed by atoms with Gasteiger partial charge in [-0.1, -0.05) is 30.3 Å². The number of nitrogens with zero attached hydrogens (tertiary/aromatic N) is 1. The fourth-order valence-electron chi connectivity index (χ4n) is 3.01. The van der Waals surface area contributed by atoms with E-state index in [0.717, 1.165) is 25.2 Å². The Morgan fingerprint density at radius 3 is 2.74 bits per heavy atom. The van der Waals surface area contributed by atoms with E-state index in [1.54, 1.807) is 0 Å². The third kappa shape index (κ3) is 2.20. The maximum Gasteiger partial charge on any atom is 0.121 e. The largest absolute Gasteiger partial charge is 0.382 e. The lowest BCUT2D eigenvalue weighted by Gasteiger charge is -2.30. The van der Waals surface area contributed by atoms with Crippen molar-refractivity contribution in [3.63, 3.8) is 0 Å². The minimum Gasteiger partial charge on any atom is -0.382 e. The molecule has 0 spiro atoms. The fraction of sp³-hybridized carbons (Fsp3) is 0.375. The van der Waals surface area contributed by atoms with E-state index in [9.17, 15) is 5.11 Å². The number of hydrogen-bond acceptors (Lipinski definition) is 2. The predicted molar refractivity (Wildman–Crippen MR) is 75.6 cm³/mol. The summed E-state index contributed by atoms with van der Waals surface area (Å²) in [6, 6.07) is 14.5. The van der Waals surface area contributed by atoms with Crippen molar-refractivity contribution in [3.8, 4) is 0 Å². The van der Waals surface area contributed by atoms with Crippen molar-refractivity contribution >= 4 is 0 Å². The molecule has 2 heterocycles. The van der Waals surface area contributed by atoms with Gasteiger partial charge in [0, 0.05) is 31.0 Å². The van der Waals surface area contributed by atoms with E-state index in [1.807, 2.05) is 24.4 Å². The molecule has 0 radical (unpaired) electrons. The van der Waals surface area contributed by atoms with Gasteiger partial charge in [0.2, 0.25) is 0 Å². The van der Waals surface area contributed by atoms with Crippen LogP contribution in [0.5, 0.6) is 0 Å². The maximum atomic E-state index is 10.9. The minimum atomic E-state index is -0.752. The second-order valence-electron chi connectivity index (χ2n) is 5.39. The van der Waals surface area contributed by atoms with E-state index in [4.69, 9.17) is 0 Å². The molecule has 3 rings (SSSR count). The first-order valence-corrected chi connectivity index (χ1v) is 6.84. The number of nitrogens with one attached hydrogen (secondary N) is 1. The second-order valence-corrected chi connectivity index (χ2v) is 5.39. The SMILES string of the molecule is CC1N(Cc2ccccc2)CCC1(O)c1ccc[nH]1. The molecule has 0 bridgehead atoms. The van der Waals surface area contributed by atoms with Crippen LogP contribution in [0.3, 0.4) is 0 Å². The maximum absolute atomic E-state index is 10.9. The van der Waals surface area contributed by atoms with Crippen molar-refractivity contribution < 1.29 is 5.11 Å². The molecule has 0 saturated carbocycles. The van der Waals surface area contributed by atoms with Gasteiger partial charge in [0.1, 0.15) is 5.60 Å². The molecule has 2 unspecified atom stereocenters. The summed E-state index contributed by atoms with van der Waals surface area (Å²) in [4.78, 5) is 5.50. The molecule has 19 heavy (non-hydrogen) atoms. The fourth-order valence-corrected chi connectivity index (χ4v) is 3.01. The first-order valence-electron chi connectivity index (χ1n) is 6.84. The molecular formula is C16H20N2O. The molecule has 2 N–H and O–H groups in total. The molecule has 1 aliphatic rings. The van der Waals surface area contributed by atoms with E-state index >= 15 is 0 Å². The zero-order valence-corrected chi connectivity index (χ0v) is 11.2. The summed E-state index contributed by atoms with van der Waals surface area (Å²) in [5.74, 6) is 0. The highest BCUT2D eigenvalue weighted by Crippen LogP contribution is 2.37. The zero-order chi connectivity index (χ0) is 13.3. The average molecular weight is 256 g/mol. The van der Waals surface area contributed by atoms with Gasteiger partial charge in [-0.05, 0) is 31.0 Å². The normalized spacial score (nSPS) is 27.8. The van der Waals surface area contributed by atoms with Crippen molar-refractivity contribution in [2.24, 2.45) is 0 Å². The van der Waals surface area contributed by atoms with Crippen LogP contribution >= 0.6 is 0 Å². The minimum absolute atomic E-state index is 0.117. The molecule has 0 aliphatic carbocycles. The molecule has 2 atom stereocenters. The van der Waals surface area contributed by atoms with Gasteiger partial charge in [-0.15, -0.1) is 0 Å². The van der Waals surface area contributed by atoms with Crippen LogP contribution in [0.4, 0.5) is 0 Å². The van der Waals surface area contributed by atoms with E-state index in [0.29, 0.717) is 0 Å². The monoisotopic (exact) mass is 256 g/mol.